The van der Waals surface area contributed by atoms with Gasteiger partial charge in [0.25, 0.3) is 0 Å². The Balaban J connectivity index is 1.27. The number of esters is 1. The molecule has 1 aromatic heterocycles. The number of nitro groups is 1. The number of hydrogen-bond acceptors (Lipinski definition) is 11. The number of rotatable bonds is 7. The molecule has 0 radical (unpaired) electrons. The van der Waals surface area contributed by atoms with Crippen LogP contribution in [-0.2, 0) is 11.3 Å². The van der Waals surface area contributed by atoms with Crippen LogP contribution in [-0.4, -0.2) is 65.8 Å². The van der Waals surface area contributed by atoms with Gasteiger partial charge in [0.05, 0.1) is 17.6 Å². The normalized spacial score (nSPS) is 15.0. The van der Waals surface area contributed by atoms with Gasteiger partial charge in [-0.2, -0.15) is 0 Å². The van der Waals surface area contributed by atoms with Crippen LogP contribution in [0.4, 0.5) is 23.0 Å². The molecule has 12 nitrogen and oxygen atoms in total. The van der Waals surface area contributed by atoms with Crippen LogP contribution in [0.25, 0.3) is 0 Å². The van der Waals surface area contributed by atoms with Gasteiger partial charge in [-0.3, -0.25) is 15.0 Å². The van der Waals surface area contributed by atoms with E-state index in [9.17, 15) is 14.9 Å². The fourth-order valence-electron chi connectivity index (χ4n) is 4.22. The van der Waals surface area contributed by atoms with Crippen LogP contribution >= 0.6 is 0 Å². The second-order valence-corrected chi connectivity index (χ2v) is 8.30. The number of piperazine rings is 1. The summed E-state index contributed by atoms with van der Waals surface area (Å²) >= 11 is 0. The molecule has 0 atom stereocenters. The second kappa shape index (κ2) is 10.0. The highest BCUT2D eigenvalue weighted by molar-refractivity contribution is 5.90. The Morgan fingerprint density at radius 1 is 1.08 bits per heavy atom. The zero-order chi connectivity index (χ0) is 25.1. The van der Waals surface area contributed by atoms with Crippen molar-refractivity contribution in [3.63, 3.8) is 0 Å². The van der Waals surface area contributed by atoms with E-state index in [1.54, 1.807) is 24.3 Å². The molecule has 0 aliphatic carbocycles. The van der Waals surface area contributed by atoms with Crippen molar-refractivity contribution in [3.8, 4) is 11.5 Å². The number of aromatic nitrogens is 2. The third-order valence-electron chi connectivity index (χ3n) is 6.07. The van der Waals surface area contributed by atoms with E-state index in [1.807, 2.05) is 23.1 Å². The minimum absolute atomic E-state index is 0.0820. The molecule has 186 valence electrons. The Hall–Kier alpha value is -4.45. The first-order valence-corrected chi connectivity index (χ1v) is 11.3. The van der Waals surface area contributed by atoms with E-state index in [0.717, 1.165) is 23.6 Å². The predicted molar refractivity (Wildman–Crippen MR) is 130 cm³/mol. The number of methoxy groups -OCH3 is 1. The molecular weight excluding hydrogens is 468 g/mol. The van der Waals surface area contributed by atoms with E-state index >= 15 is 0 Å². The summed E-state index contributed by atoms with van der Waals surface area (Å²) < 4.78 is 15.5. The summed E-state index contributed by atoms with van der Waals surface area (Å²) in [5.41, 5.74) is 1.84. The van der Waals surface area contributed by atoms with Gasteiger partial charge >= 0.3 is 11.7 Å². The quantitative estimate of drug-likeness (QED) is 0.296. The lowest BCUT2D eigenvalue weighted by atomic mass is 10.1. The summed E-state index contributed by atoms with van der Waals surface area (Å²) in [4.78, 5) is 35.7. The molecule has 1 saturated heterocycles. The van der Waals surface area contributed by atoms with Crippen LogP contribution in [0.5, 0.6) is 11.5 Å². The predicted octanol–water partition coefficient (Wildman–Crippen LogP) is 2.97. The summed E-state index contributed by atoms with van der Waals surface area (Å²) in [6.45, 7) is 3.57. The van der Waals surface area contributed by atoms with Gasteiger partial charge in [0.2, 0.25) is 18.4 Å². The molecule has 3 heterocycles. The Morgan fingerprint density at radius 3 is 2.56 bits per heavy atom. The molecule has 2 aliphatic rings. The maximum absolute atomic E-state index is 12.0. The van der Waals surface area contributed by atoms with Crippen LogP contribution in [0.15, 0.2) is 48.8 Å². The van der Waals surface area contributed by atoms with Crippen molar-refractivity contribution in [2.75, 3.05) is 50.3 Å². The highest BCUT2D eigenvalue weighted by Crippen LogP contribution is 2.35. The number of nitrogens with one attached hydrogen (secondary N) is 1. The van der Waals surface area contributed by atoms with E-state index in [4.69, 9.17) is 14.2 Å². The SMILES string of the molecule is COC(=O)c1ccc(Nc2ncnc(N3CCN(Cc4ccc5c(c4)OCO5)CC3)c2[N+](=O)[O-])cc1. The summed E-state index contributed by atoms with van der Waals surface area (Å²) in [6.07, 6.45) is 1.31. The Bertz CT molecular complexity index is 1280. The molecular formula is C24H24N6O6. The number of nitrogens with zero attached hydrogens (tertiary/aromatic N) is 5. The molecule has 1 N–H and O–H groups in total. The molecule has 3 aromatic rings. The molecule has 5 rings (SSSR count). The lowest BCUT2D eigenvalue weighted by Crippen LogP contribution is -2.46. The number of hydrogen-bond donors (Lipinski definition) is 1. The molecule has 2 aromatic carbocycles. The average Bonchev–Trinajstić information content (AvgIpc) is 3.37. The first-order chi connectivity index (χ1) is 17.5. The first-order valence-electron chi connectivity index (χ1n) is 11.3. The number of carbonyl (C=O) groups is 1. The van der Waals surface area contributed by atoms with E-state index in [2.05, 4.69) is 20.2 Å². The average molecular weight is 492 g/mol. The number of ether oxygens (including phenoxy) is 3. The van der Waals surface area contributed by atoms with Gasteiger partial charge in [-0.1, -0.05) is 6.07 Å². The van der Waals surface area contributed by atoms with Crippen molar-refractivity contribution in [2.45, 2.75) is 6.54 Å². The van der Waals surface area contributed by atoms with Gasteiger partial charge in [0, 0.05) is 38.4 Å². The fraction of sp³-hybridized carbons (Fsp3) is 0.292. The highest BCUT2D eigenvalue weighted by atomic mass is 16.7. The third-order valence-corrected chi connectivity index (χ3v) is 6.07. The van der Waals surface area contributed by atoms with Gasteiger partial charge in [0.15, 0.2) is 11.5 Å². The summed E-state index contributed by atoms with van der Waals surface area (Å²) in [6, 6.07) is 12.3. The van der Waals surface area contributed by atoms with Crippen LogP contribution in [0.3, 0.4) is 0 Å². The van der Waals surface area contributed by atoms with Gasteiger partial charge in [-0.05, 0) is 42.0 Å². The summed E-state index contributed by atoms with van der Waals surface area (Å²) in [7, 11) is 1.30. The molecule has 0 unspecified atom stereocenters. The molecule has 2 aliphatic heterocycles. The molecule has 1 fully saturated rings. The van der Waals surface area contributed by atoms with Crippen LogP contribution in [0.2, 0.25) is 0 Å². The summed E-state index contributed by atoms with van der Waals surface area (Å²) in [5, 5.41) is 15.0. The van der Waals surface area contributed by atoms with E-state index in [1.165, 1.54) is 13.4 Å². The lowest BCUT2D eigenvalue weighted by Gasteiger charge is -2.35. The molecule has 36 heavy (non-hydrogen) atoms. The van der Waals surface area contributed by atoms with Crippen molar-refractivity contribution >= 4 is 29.0 Å². The van der Waals surface area contributed by atoms with Gasteiger partial charge in [0.1, 0.15) is 6.33 Å². The van der Waals surface area contributed by atoms with Crippen LogP contribution in [0, 0.1) is 10.1 Å². The monoisotopic (exact) mass is 492 g/mol. The van der Waals surface area contributed by atoms with E-state index < -0.39 is 10.9 Å². The number of fused-ring (bicyclic) bond motifs is 1. The number of benzene rings is 2. The van der Waals surface area contributed by atoms with Gasteiger partial charge < -0.3 is 24.4 Å². The smallest absolute Gasteiger partial charge is 0.353 e. The fourth-order valence-corrected chi connectivity index (χ4v) is 4.22. The van der Waals surface area contributed by atoms with Crippen molar-refractivity contribution in [3.05, 3.63) is 70.0 Å². The Morgan fingerprint density at radius 2 is 1.83 bits per heavy atom. The minimum atomic E-state index is -0.473. The molecule has 0 bridgehead atoms. The number of carbonyl (C=O) groups excluding carboxylic acids is 1. The largest absolute Gasteiger partial charge is 0.465 e. The van der Waals surface area contributed by atoms with E-state index in [-0.39, 0.29) is 24.1 Å². The first kappa shape index (κ1) is 23.3. The van der Waals surface area contributed by atoms with Crippen molar-refractivity contribution in [1.82, 2.24) is 14.9 Å². The number of anilines is 3. The van der Waals surface area contributed by atoms with Gasteiger partial charge in [-0.15, -0.1) is 0 Å². The zero-order valence-corrected chi connectivity index (χ0v) is 19.5. The summed E-state index contributed by atoms with van der Waals surface area (Å²) in [5.74, 6) is 1.39. The van der Waals surface area contributed by atoms with Gasteiger partial charge in [-0.25, -0.2) is 14.8 Å². The molecule has 12 heteroatoms. The lowest BCUT2D eigenvalue weighted by molar-refractivity contribution is -0.383. The maximum Gasteiger partial charge on any atom is 0.353 e. The Labute approximate surface area is 206 Å². The van der Waals surface area contributed by atoms with Crippen LogP contribution < -0.4 is 19.7 Å². The van der Waals surface area contributed by atoms with E-state index in [0.29, 0.717) is 37.4 Å². The topological polar surface area (TPSA) is 132 Å². The van der Waals surface area contributed by atoms with Crippen molar-refractivity contribution < 1.29 is 23.9 Å². The Kier molecular flexibility index (Phi) is 6.50. The van der Waals surface area contributed by atoms with Crippen molar-refractivity contribution in [2.24, 2.45) is 0 Å². The standard InChI is InChI=1S/C24H24N6O6/c1-34-24(31)17-3-5-18(6-4-17)27-22-21(30(32)33)23(26-14-25-22)29-10-8-28(9-11-29)13-16-2-7-19-20(12-16)36-15-35-19/h2-7,12,14H,8-11,13,15H2,1H3,(H,25,26,27). The molecule has 0 spiro atoms. The van der Waals surface area contributed by atoms with Crippen LogP contribution in [0.1, 0.15) is 15.9 Å². The van der Waals surface area contributed by atoms with Crippen molar-refractivity contribution in [1.29, 1.82) is 0 Å². The molecule has 0 amide bonds. The second-order valence-electron chi connectivity index (χ2n) is 8.30. The maximum atomic E-state index is 12.0. The third kappa shape index (κ3) is 4.84. The minimum Gasteiger partial charge on any atom is -0.465 e. The zero-order valence-electron chi connectivity index (χ0n) is 19.5. The highest BCUT2D eigenvalue weighted by Gasteiger charge is 2.29. The molecule has 0 saturated carbocycles.